The molecule has 2 atom stereocenters. The summed E-state index contributed by atoms with van der Waals surface area (Å²) in [4.78, 5) is 93.8. The number of aryl methyl sites for hydroxylation is 1. The number of ether oxygens (including phenoxy) is 4. The Labute approximate surface area is 356 Å². The Morgan fingerprint density at radius 2 is 1.22 bits per heavy atom. The number of carbonyl (C=O) groups is 7. The Balaban J connectivity index is 0.000000182. The van der Waals surface area contributed by atoms with Gasteiger partial charge in [0.15, 0.2) is 0 Å². The molecule has 4 aliphatic heterocycles. The second-order valence-corrected chi connectivity index (χ2v) is 16.8. The molecule has 314 valence electrons. The number of hydrogen-bond acceptors (Lipinski definition) is 13. The highest BCUT2D eigenvalue weighted by Gasteiger charge is 2.36. The summed E-state index contributed by atoms with van der Waals surface area (Å²) in [6, 6.07) is 20.9. The Bertz CT molecular complexity index is 2250. The van der Waals surface area contributed by atoms with Gasteiger partial charge in [-0.3, -0.25) is 38.7 Å². The third-order valence-corrected chi connectivity index (χ3v) is 11.9. The van der Waals surface area contributed by atoms with E-state index in [-0.39, 0.29) is 50.6 Å². The van der Waals surface area contributed by atoms with Crippen molar-refractivity contribution in [3.8, 4) is 0 Å². The van der Waals surface area contributed by atoms with Crippen molar-refractivity contribution in [2.75, 3.05) is 85.3 Å². The van der Waals surface area contributed by atoms with Crippen molar-refractivity contribution < 1.29 is 52.5 Å². The van der Waals surface area contributed by atoms with Gasteiger partial charge in [0.2, 0.25) is 6.41 Å². The number of thiophene rings is 2. The Morgan fingerprint density at radius 3 is 1.68 bits per heavy atom. The number of halogens is 1. The minimum Gasteiger partial charge on any atom is -0.442 e. The molecule has 0 saturated carbocycles. The van der Waals surface area contributed by atoms with Gasteiger partial charge in [0.25, 0.3) is 23.6 Å². The van der Waals surface area contributed by atoms with E-state index in [1.54, 1.807) is 76.5 Å². The van der Waals surface area contributed by atoms with Crippen LogP contribution in [-0.2, 0) is 33.3 Å². The van der Waals surface area contributed by atoms with Crippen LogP contribution in [0.5, 0.6) is 0 Å². The molecule has 17 nitrogen and oxygen atoms in total. The maximum atomic E-state index is 12.5. The lowest BCUT2D eigenvalue weighted by Gasteiger charge is -2.27. The highest BCUT2D eigenvalue weighted by atomic mass is 35.5. The van der Waals surface area contributed by atoms with Crippen molar-refractivity contribution in [3.63, 3.8) is 0 Å². The number of anilines is 4. The molecule has 2 aromatic carbocycles. The predicted molar refractivity (Wildman–Crippen MR) is 222 cm³/mol. The van der Waals surface area contributed by atoms with E-state index in [1.165, 1.54) is 21.1 Å². The molecule has 0 radical (unpaired) electrons. The van der Waals surface area contributed by atoms with Gasteiger partial charge < -0.3 is 34.1 Å². The zero-order valence-electron chi connectivity index (χ0n) is 32.2. The van der Waals surface area contributed by atoms with Gasteiger partial charge in [-0.05, 0) is 79.7 Å². The second kappa shape index (κ2) is 19.0. The lowest BCUT2D eigenvalue weighted by atomic mass is 10.2. The Hall–Kier alpha value is -5.86. The number of rotatable bonds is 11. The number of morpholine rings is 2. The fraction of sp³-hybridized carbons (Fsp3) is 0.325. The van der Waals surface area contributed by atoms with Crippen LogP contribution < -0.4 is 24.9 Å². The quantitative estimate of drug-likeness (QED) is 0.208. The van der Waals surface area contributed by atoms with E-state index in [2.05, 4.69) is 5.32 Å². The zero-order chi connectivity index (χ0) is 42.3. The lowest BCUT2D eigenvalue weighted by Crippen LogP contribution is -2.41. The Morgan fingerprint density at radius 1 is 0.717 bits per heavy atom. The second-order valence-electron chi connectivity index (χ2n) is 13.7. The van der Waals surface area contributed by atoms with Crippen LogP contribution in [0.1, 0.15) is 24.2 Å². The zero-order valence-corrected chi connectivity index (χ0v) is 34.5. The summed E-state index contributed by atoms with van der Waals surface area (Å²) in [5.74, 6) is -0.871. The molecule has 4 aliphatic rings. The highest BCUT2D eigenvalue weighted by Crippen LogP contribution is 2.28. The summed E-state index contributed by atoms with van der Waals surface area (Å²) in [5.41, 5.74) is 2.76. The number of cyclic esters (lactones) is 2. The maximum absolute atomic E-state index is 12.5. The van der Waals surface area contributed by atoms with Crippen molar-refractivity contribution in [3.05, 3.63) is 91.8 Å². The molecule has 20 heteroatoms. The van der Waals surface area contributed by atoms with Gasteiger partial charge in [-0.1, -0.05) is 11.6 Å². The van der Waals surface area contributed by atoms with Crippen LogP contribution in [-0.4, -0.2) is 125 Å². The average Bonchev–Trinajstić information content (AvgIpc) is 4.07. The first-order valence-corrected chi connectivity index (χ1v) is 20.8. The first kappa shape index (κ1) is 42.3. The first-order chi connectivity index (χ1) is 29.0. The molecule has 7 amide bonds. The van der Waals surface area contributed by atoms with Gasteiger partial charge in [-0.15, -0.1) is 22.7 Å². The smallest absolute Gasteiger partial charge is 0.414 e. The monoisotopic (exact) mass is 878 g/mol. The normalized spacial score (nSPS) is 19.1. The lowest BCUT2D eigenvalue weighted by molar-refractivity contribution is -0.126. The van der Waals surface area contributed by atoms with Crippen LogP contribution in [0.25, 0.3) is 0 Å². The van der Waals surface area contributed by atoms with Gasteiger partial charge >= 0.3 is 12.2 Å². The molecule has 4 aromatic rings. The molecule has 0 unspecified atom stereocenters. The van der Waals surface area contributed by atoms with E-state index < -0.39 is 30.3 Å². The number of amides is 7. The molecule has 0 bridgehead atoms. The third-order valence-electron chi connectivity index (χ3n) is 9.69. The maximum Gasteiger partial charge on any atom is 0.414 e. The highest BCUT2D eigenvalue weighted by molar-refractivity contribution is 7.18. The molecule has 0 spiro atoms. The first-order valence-electron chi connectivity index (χ1n) is 18.8. The topological polar surface area (TPSA) is 185 Å². The summed E-state index contributed by atoms with van der Waals surface area (Å²) < 4.78 is 21.4. The van der Waals surface area contributed by atoms with Crippen LogP contribution in [0.15, 0.2) is 72.8 Å². The van der Waals surface area contributed by atoms with Gasteiger partial charge in [0, 0.05) is 40.7 Å². The predicted octanol–water partition coefficient (Wildman–Crippen LogP) is 4.56. The van der Waals surface area contributed by atoms with E-state index in [4.69, 9.17) is 30.5 Å². The van der Waals surface area contributed by atoms with Crippen LogP contribution in [0.4, 0.5) is 32.3 Å². The fourth-order valence-corrected chi connectivity index (χ4v) is 8.47. The van der Waals surface area contributed by atoms with Crippen molar-refractivity contribution in [1.29, 1.82) is 0 Å². The standard InChI is InChI=1S/C20H18ClN3O6S.C20H21N3O5S/c21-17-6-5-16(31-17)19(27)22(12-25)9-15-10-24(20(28)30-15)14-3-1-13(2-4-14)23-7-8-29-11-18(23)26;1-13-2-7-17(29-13)19(25)21-10-16-11-23(20(26)28-16)15-5-3-14(4-6-15)22-8-9-27-12-18(22)24/h1-6,12,15H,7-11H2;2-7,16H,8-12H2,1H3,(H,21,25)/t15-;16-/m00/s1. The number of benzene rings is 2. The largest absolute Gasteiger partial charge is 0.442 e. The molecule has 8 rings (SSSR count). The van der Waals surface area contributed by atoms with Crippen LogP contribution >= 0.6 is 34.3 Å². The van der Waals surface area contributed by atoms with Gasteiger partial charge in [0.05, 0.1) is 53.5 Å². The van der Waals surface area contributed by atoms with Gasteiger partial charge in [-0.2, -0.15) is 0 Å². The van der Waals surface area contributed by atoms with Crippen molar-refractivity contribution >= 4 is 99.2 Å². The van der Waals surface area contributed by atoms with Crippen molar-refractivity contribution in [2.24, 2.45) is 0 Å². The minimum atomic E-state index is -0.669. The molecular weight excluding hydrogens is 840 g/mol. The number of nitrogens with one attached hydrogen (secondary N) is 1. The summed E-state index contributed by atoms with van der Waals surface area (Å²) >= 11 is 8.35. The summed E-state index contributed by atoms with van der Waals surface area (Å²) in [5, 5.41) is 2.82. The molecule has 60 heavy (non-hydrogen) atoms. The molecule has 4 saturated heterocycles. The number of imide groups is 1. The van der Waals surface area contributed by atoms with Crippen LogP contribution in [0.2, 0.25) is 4.34 Å². The molecule has 4 fully saturated rings. The number of nitrogens with zero attached hydrogens (tertiary/aromatic N) is 5. The summed E-state index contributed by atoms with van der Waals surface area (Å²) in [7, 11) is 0. The molecular formula is C40H39ClN6O11S2. The van der Waals surface area contributed by atoms with Crippen molar-refractivity contribution in [1.82, 2.24) is 10.2 Å². The summed E-state index contributed by atoms with van der Waals surface area (Å²) in [6.45, 7) is 4.73. The number of hydrogen-bond donors (Lipinski definition) is 1. The van der Waals surface area contributed by atoms with E-state index >= 15 is 0 Å². The third kappa shape index (κ3) is 9.94. The van der Waals surface area contributed by atoms with E-state index in [9.17, 15) is 33.6 Å². The molecule has 2 aromatic heterocycles. The van der Waals surface area contributed by atoms with Crippen LogP contribution in [0, 0.1) is 6.92 Å². The molecule has 0 aliphatic carbocycles. The number of carbonyl (C=O) groups excluding carboxylic acids is 7. The Kier molecular flexibility index (Phi) is 13.4. The van der Waals surface area contributed by atoms with Crippen LogP contribution in [0.3, 0.4) is 0 Å². The summed E-state index contributed by atoms with van der Waals surface area (Å²) in [6.07, 6.45) is -1.70. The van der Waals surface area contributed by atoms with Gasteiger partial charge in [-0.25, -0.2) is 9.59 Å². The average molecular weight is 879 g/mol. The fourth-order valence-electron chi connectivity index (χ4n) is 6.69. The molecule has 6 heterocycles. The minimum absolute atomic E-state index is 0.0471. The van der Waals surface area contributed by atoms with E-state index in [1.807, 2.05) is 13.0 Å². The van der Waals surface area contributed by atoms with Gasteiger partial charge in [0.1, 0.15) is 25.4 Å². The van der Waals surface area contributed by atoms with Crippen molar-refractivity contribution in [2.45, 2.75) is 19.1 Å². The SMILES string of the molecule is Cc1ccc(C(=O)NC[C@H]2CN(c3ccc(N4CCOCC4=O)cc3)C(=O)O2)s1.O=CN(C[C@H]1CN(c2ccc(N3CCOCC3=O)cc2)C(=O)O1)C(=O)c1ccc(Cl)s1. The van der Waals surface area contributed by atoms with E-state index in [0.29, 0.717) is 70.4 Å². The van der Waals surface area contributed by atoms with E-state index in [0.717, 1.165) is 26.8 Å². The molecule has 1 N–H and O–H groups in total.